The second kappa shape index (κ2) is 10.7. The van der Waals surface area contributed by atoms with Gasteiger partial charge in [-0.1, -0.05) is 12.6 Å². The van der Waals surface area contributed by atoms with E-state index in [1.807, 2.05) is 36.6 Å². The number of ether oxygens (including phenoxy) is 1. The van der Waals surface area contributed by atoms with Gasteiger partial charge >= 0.3 is 0 Å². The summed E-state index contributed by atoms with van der Waals surface area (Å²) in [7, 11) is 0. The van der Waals surface area contributed by atoms with Gasteiger partial charge < -0.3 is 25.0 Å². The Kier molecular flexibility index (Phi) is 7.76. The topological polar surface area (TPSA) is 124 Å². The standard InChI is InChI=1S/C24H30N6O3/c1-4-21(31)29-13-6-5-8-18(15-29)30-22-19(9-7-10-20(22)33-16(2)3)27-24(30)28-23(32)17(14-26)11-12-25/h4,7,9-12,14,16,18,25-26H,1,5-6,8,13,15H2,2-3H3,(H,27,28,32)/b17-11+,25-12?,26-14?. The number of amides is 2. The summed E-state index contributed by atoms with van der Waals surface area (Å²) in [6.45, 7) is 8.59. The van der Waals surface area contributed by atoms with Crippen molar-refractivity contribution in [3.8, 4) is 5.75 Å². The van der Waals surface area contributed by atoms with Gasteiger partial charge in [-0.2, -0.15) is 0 Å². The number of benzene rings is 1. The fourth-order valence-electron chi connectivity index (χ4n) is 4.02. The lowest BCUT2D eigenvalue weighted by molar-refractivity contribution is -0.126. The quantitative estimate of drug-likeness (QED) is 0.419. The van der Waals surface area contributed by atoms with E-state index in [1.165, 1.54) is 12.2 Å². The van der Waals surface area contributed by atoms with Crippen LogP contribution in [0.15, 0.2) is 42.5 Å². The molecule has 0 spiro atoms. The number of para-hydroxylation sites is 1. The molecule has 33 heavy (non-hydrogen) atoms. The molecule has 2 aromatic rings. The fraction of sp³-hybridized carbons (Fsp3) is 0.375. The van der Waals surface area contributed by atoms with Gasteiger partial charge in [0.15, 0.2) is 0 Å². The molecule has 0 aliphatic carbocycles. The molecule has 1 aromatic heterocycles. The number of rotatable bonds is 8. The minimum absolute atomic E-state index is 0.0339. The molecule has 0 saturated carbocycles. The molecule has 0 bridgehead atoms. The van der Waals surface area contributed by atoms with Gasteiger partial charge in [0.25, 0.3) is 5.91 Å². The van der Waals surface area contributed by atoms with E-state index in [0.717, 1.165) is 37.2 Å². The molecule has 1 aliphatic heterocycles. The predicted molar refractivity (Wildman–Crippen MR) is 129 cm³/mol. The van der Waals surface area contributed by atoms with E-state index in [0.29, 0.717) is 30.3 Å². The first-order chi connectivity index (χ1) is 15.9. The van der Waals surface area contributed by atoms with Gasteiger partial charge in [-0.15, -0.1) is 0 Å². The molecule has 1 aliphatic rings. The average Bonchev–Trinajstić information content (AvgIpc) is 2.98. The molecule has 174 valence electrons. The number of likely N-dealkylation sites (tertiary alicyclic amines) is 1. The molecule has 1 atom stereocenters. The van der Waals surface area contributed by atoms with Crippen LogP contribution in [0.3, 0.4) is 0 Å². The third-order valence-corrected chi connectivity index (χ3v) is 5.44. The van der Waals surface area contributed by atoms with E-state index in [9.17, 15) is 9.59 Å². The summed E-state index contributed by atoms with van der Waals surface area (Å²) in [5.41, 5.74) is 1.43. The molecule has 0 radical (unpaired) electrons. The Morgan fingerprint density at radius 3 is 2.76 bits per heavy atom. The van der Waals surface area contributed by atoms with Crippen molar-refractivity contribution in [2.45, 2.75) is 45.3 Å². The average molecular weight is 451 g/mol. The van der Waals surface area contributed by atoms with Crippen molar-refractivity contribution in [2.75, 3.05) is 18.4 Å². The Bertz CT molecular complexity index is 1100. The van der Waals surface area contributed by atoms with Crippen molar-refractivity contribution in [1.82, 2.24) is 14.5 Å². The molecule has 9 heteroatoms. The maximum Gasteiger partial charge on any atom is 0.259 e. The van der Waals surface area contributed by atoms with Crippen LogP contribution in [0.1, 0.15) is 39.2 Å². The van der Waals surface area contributed by atoms with Crippen molar-refractivity contribution < 1.29 is 14.3 Å². The number of allylic oxidation sites excluding steroid dienone is 1. The highest BCUT2D eigenvalue weighted by Crippen LogP contribution is 2.35. The predicted octanol–water partition coefficient (Wildman–Crippen LogP) is 3.73. The highest BCUT2D eigenvalue weighted by Gasteiger charge is 2.28. The summed E-state index contributed by atoms with van der Waals surface area (Å²) in [4.78, 5) is 31.6. The van der Waals surface area contributed by atoms with Crippen LogP contribution in [0.25, 0.3) is 11.0 Å². The van der Waals surface area contributed by atoms with Gasteiger partial charge in [-0.3, -0.25) is 14.9 Å². The highest BCUT2D eigenvalue weighted by atomic mass is 16.5. The minimum Gasteiger partial charge on any atom is -0.489 e. The van der Waals surface area contributed by atoms with E-state index in [1.54, 1.807) is 4.90 Å². The summed E-state index contributed by atoms with van der Waals surface area (Å²) in [6.07, 6.45) is 6.94. The highest BCUT2D eigenvalue weighted by molar-refractivity contribution is 6.18. The lowest BCUT2D eigenvalue weighted by Crippen LogP contribution is -2.34. The van der Waals surface area contributed by atoms with Gasteiger partial charge in [0.1, 0.15) is 11.3 Å². The Morgan fingerprint density at radius 1 is 1.30 bits per heavy atom. The van der Waals surface area contributed by atoms with E-state index >= 15 is 0 Å². The molecule has 1 saturated heterocycles. The van der Waals surface area contributed by atoms with Gasteiger partial charge in [0.2, 0.25) is 11.9 Å². The molecule has 2 heterocycles. The van der Waals surface area contributed by atoms with Crippen molar-refractivity contribution >= 4 is 41.2 Å². The van der Waals surface area contributed by atoms with E-state index < -0.39 is 5.91 Å². The summed E-state index contributed by atoms with van der Waals surface area (Å²) in [6, 6.07) is 5.42. The van der Waals surface area contributed by atoms with Crippen molar-refractivity contribution in [1.29, 1.82) is 10.8 Å². The van der Waals surface area contributed by atoms with Gasteiger partial charge in [0, 0.05) is 25.5 Å². The lowest BCUT2D eigenvalue weighted by Gasteiger charge is -2.26. The SMILES string of the molecule is C=CC(=O)N1CCCCC(n2c(NC(=O)/C(C=N)=C/C=N)nc3cccc(OC(C)C)c32)C1. The first-order valence-corrected chi connectivity index (χ1v) is 11.0. The molecule has 2 amide bonds. The number of nitrogens with one attached hydrogen (secondary N) is 3. The van der Waals surface area contributed by atoms with Crippen molar-refractivity contribution in [2.24, 2.45) is 0 Å². The first-order valence-electron chi connectivity index (χ1n) is 11.0. The van der Waals surface area contributed by atoms with Crippen LogP contribution < -0.4 is 10.1 Å². The number of aromatic nitrogens is 2. The summed E-state index contributed by atoms with van der Waals surface area (Å²) in [5.74, 6) is 0.286. The fourth-order valence-corrected chi connectivity index (χ4v) is 4.02. The van der Waals surface area contributed by atoms with Crippen molar-refractivity contribution in [3.63, 3.8) is 0 Å². The number of carbonyl (C=O) groups is 2. The molecule has 3 rings (SSSR count). The molecule has 1 unspecified atom stereocenters. The van der Waals surface area contributed by atoms with Crippen LogP contribution in [-0.4, -0.2) is 57.9 Å². The maximum atomic E-state index is 12.8. The molecular formula is C24H30N6O3. The second-order valence-corrected chi connectivity index (χ2v) is 8.12. The number of carbonyl (C=O) groups excluding carboxylic acids is 2. The summed E-state index contributed by atoms with van der Waals surface area (Å²) >= 11 is 0. The van der Waals surface area contributed by atoms with Crippen LogP contribution in [0.2, 0.25) is 0 Å². The van der Waals surface area contributed by atoms with Crippen LogP contribution >= 0.6 is 0 Å². The number of nitrogens with zero attached hydrogens (tertiary/aromatic N) is 3. The number of hydrogen-bond donors (Lipinski definition) is 3. The van der Waals surface area contributed by atoms with Gasteiger partial charge in [-0.25, -0.2) is 4.98 Å². The number of imidazole rings is 1. The Hall–Kier alpha value is -3.75. The monoisotopic (exact) mass is 450 g/mol. The molecule has 3 N–H and O–H groups in total. The summed E-state index contributed by atoms with van der Waals surface area (Å²) < 4.78 is 8.00. The first kappa shape index (κ1) is 23.9. The largest absolute Gasteiger partial charge is 0.489 e. The van der Waals surface area contributed by atoms with Gasteiger partial charge in [0.05, 0.1) is 23.2 Å². The van der Waals surface area contributed by atoms with Crippen molar-refractivity contribution in [3.05, 3.63) is 42.5 Å². The number of anilines is 1. The Labute approximate surface area is 193 Å². The molecular weight excluding hydrogens is 420 g/mol. The number of fused-ring (bicyclic) bond motifs is 1. The molecule has 9 nitrogen and oxygen atoms in total. The zero-order valence-electron chi connectivity index (χ0n) is 19.0. The normalized spacial score (nSPS) is 16.9. The Balaban J connectivity index is 2.15. The minimum atomic E-state index is -0.538. The zero-order chi connectivity index (χ0) is 24.0. The Morgan fingerprint density at radius 2 is 2.09 bits per heavy atom. The van der Waals surface area contributed by atoms with E-state index in [4.69, 9.17) is 15.6 Å². The van der Waals surface area contributed by atoms with Crippen LogP contribution in [0, 0.1) is 10.8 Å². The molecule has 1 aromatic carbocycles. The third kappa shape index (κ3) is 5.36. The van der Waals surface area contributed by atoms with Crippen LogP contribution in [-0.2, 0) is 9.59 Å². The van der Waals surface area contributed by atoms with Crippen LogP contribution in [0.4, 0.5) is 5.95 Å². The summed E-state index contributed by atoms with van der Waals surface area (Å²) in [5, 5.41) is 17.5. The zero-order valence-corrected chi connectivity index (χ0v) is 19.0. The van der Waals surface area contributed by atoms with Crippen LogP contribution in [0.5, 0.6) is 5.75 Å². The smallest absolute Gasteiger partial charge is 0.259 e. The van der Waals surface area contributed by atoms with Gasteiger partial charge in [-0.05, 0) is 57.4 Å². The molecule has 1 fully saturated rings. The van der Waals surface area contributed by atoms with E-state index in [2.05, 4.69) is 16.9 Å². The second-order valence-electron chi connectivity index (χ2n) is 8.12. The lowest BCUT2D eigenvalue weighted by atomic mass is 10.1. The maximum absolute atomic E-state index is 12.8. The van der Waals surface area contributed by atoms with E-state index in [-0.39, 0.29) is 23.6 Å². The third-order valence-electron chi connectivity index (χ3n) is 5.44. The number of hydrogen-bond acceptors (Lipinski definition) is 6.